The fourth-order valence-corrected chi connectivity index (χ4v) is 3.68. The quantitative estimate of drug-likeness (QED) is 0.663. The molecule has 1 heterocycles. The number of amides is 1. The minimum Gasteiger partial charge on any atom is -0.550 e. The van der Waals surface area contributed by atoms with Crippen molar-refractivity contribution in [2.24, 2.45) is 11.8 Å². The van der Waals surface area contributed by atoms with Crippen molar-refractivity contribution in [2.45, 2.75) is 26.7 Å². The van der Waals surface area contributed by atoms with Crippen LogP contribution in [0.5, 0.6) is 0 Å². The van der Waals surface area contributed by atoms with Crippen LogP contribution in [-0.4, -0.2) is 25.0 Å². The molecule has 1 N–H and O–H groups in total. The Balaban J connectivity index is 2.27. The van der Waals surface area contributed by atoms with Gasteiger partial charge in [0.2, 0.25) is 5.91 Å². The number of thiophene rings is 1. The van der Waals surface area contributed by atoms with E-state index in [2.05, 4.69) is 5.32 Å². The van der Waals surface area contributed by atoms with Gasteiger partial charge in [0, 0.05) is 16.8 Å². The summed E-state index contributed by atoms with van der Waals surface area (Å²) < 4.78 is 4.76. The maximum Gasteiger partial charge on any atom is 0.341 e. The summed E-state index contributed by atoms with van der Waals surface area (Å²) >= 11 is 1.27. The van der Waals surface area contributed by atoms with Crippen LogP contribution in [0.15, 0.2) is 12.2 Å². The Labute approximate surface area is 138 Å². The SMILES string of the molecule is COC(=O)c1c(NC(=O)C2CC=CCC2C(=O)[O-])sc(C)c1C. The molecule has 1 aromatic rings. The molecule has 0 fully saturated rings. The van der Waals surface area contributed by atoms with Crippen molar-refractivity contribution < 1.29 is 24.2 Å². The minimum absolute atomic E-state index is 0.271. The van der Waals surface area contributed by atoms with Crippen LogP contribution >= 0.6 is 11.3 Å². The highest BCUT2D eigenvalue weighted by Crippen LogP contribution is 2.34. The van der Waals surface area contributed by atoms with E-state index >= 15 is 0 Å². The lowest BCUT2D eigenvalue weighted by Crippen LogP contribution is -2.41. The molecule has 2 unspecified atom stereocenters. The molecule has 0 spiro atoms. The predicted octanol–water partition coefficient (Wildman–Crippen LogP) is 1.42. The van der Waals surface area contributed by atoms with Gasteiger partial charge in [-0.1, -0.05) is 12.2 Å². The maximum atomic E-state index is 12.5. The van der Waals surface area contributed by atoms with Crippen LogP contribution in [0.25, 0.3) is 0 Å². The Hall–Kier alpha value is -2.15. The van der Waals surface area contributed by atoms with E-state index in [0.29, 0.717) is 17.0 Å². The second-order valence-electron chi connectivity index (χ2n) is 5.44. The smallest absolute Gasteiger partial charge is 0.341 e. The summed E-state index contributed by atoms with van der Waals surface area (Å²) in [5, 5.41) is 14.3. The predicted molar refractivity (Wildman–Crippen MR) is 84.1 cm³/mol. The van der Waals surface area contributed by atoms with E-state index in [0.717, 1.165) is 10.4 Å². The lowest BCUT2D eigenvalue weighted by atomic mass is 9.82. The Morgan fingerprint density at radius 3 is 2.39 bits per heavy atom. The number of aryl methyl sites for hydroxylation is 1. The zero-order valence-corrected chi connectivity index (χ0v) is 14.0. The molecule has 1 aliphatic rings. The Morgan fingerprint density at radius 1 is 1.22 bits per heavy atom. The number of carboxylic acid groups (broad SMARTS) is 1. The molecule has 1 amide bonds. The molecule has 7 heteroatoms. The number of hydrogen-bond donors (Lipinski definition) is 1. The van der Waals surface area contributed by atoms with Crippen LogP contribution in [0.4, 0.5) is 5.00 Å². The Bertz CT molecular complexity index is 676. The molecule has 1 aromatic heterocycles. The van der Waals surface area contributed by atoms with Crippen molar-refractivity contribution in [3.8, 4) is 0 Å². The number of aliphatic carboxylic acids is 1. The molecular weight excluding hydrogens is 318 g/mol. The third kappa shape index (κ3) is 3.44. The molecule has 0 bridgehead atoms. The third-order valence-corrected chi connectivity index (χ3v) is 5.21. The van der Waals surface area contributed by atoms with Gasteiger partial charge in [0.15, 0.2) is 0 Å². The van der Waals surface area contributed by atoms with Crippen molar-refractivity contribution in [3.05, 3.63) is 28.2 Å². The molecule has 2 atom stereocenters. The molecule has 0 aliphatic heterocycles. The van der Waals surface area contributed by atoms with Crippen molar-refractivity contribution in [2.75, 3.05) is 12.4 Å². The van der Waals surface area contributed by atoms with E-state index in [1.54, 1.807) is 19.1 Å². The topological polar surface area (TPSA) is 95.5 Å². The van der Waals surface area contributed by atoms with Gasteiger partial charge in [-0.05, 0) is 32.3 Å². The molecule has 6 nitrogen and oxygen atoms in total. The standard InChI is InChI=1S/C16H19NO5S/c1-8-9(2)23-14(12(8)16(21)22-3)17-13(18)10-6-4-5-7-11(10)15(19)20/h4-5,10-11H,6-7H2,1-3H3,(H,17,18)(H,19,20)/p-1. The second kappa shape index (κ2) is 6.95. The first kappa shape index (κ1) is 17.2. The van der Waals surface area contributed by atoms with Crippen molar-refractivity contribution in [3.63, 3.8) is 0 Å². The monoisotopic (exact) mass is 336 g/mol. The highest BCUT2D eigenvalue weighted by atomic mass is 32.1. The number of rotatable bonds is 4. The number of anilines is 1. The van der Waals surface area contributed by atoms with Gasteiger partial charge in [-0.2, -0.15) is 0 Å². The van der Waals surface area contributed by atoms with Crippen molar-refractivity contribution >= 4 is 34.2 Å². The summed E-state index contributed by atoms with van der Waals surface area (Å²) in [4.78, 5) is 36.5. The van der Waals surface area contributed by atoms with Gasteiger partial charge < -0.3 is 20.0 Å². The summed E-state index contributed by atoms with van der Waals surface area (Å²) in [6.07, 6.45) is 4.13. The first-order valence-corrected chi connectivity index (χ1v) is 8.03. The lowest BCUT2D eigenvalue weighted by Gasteiger charge is -2.28. The van der Waals surface area contributed by atoms with E-state index in [1.807, 2.05) is 6.92 Å². The van der Waals surface area contributed by atoms with Crippen molar-refractivity contribution in [1.29, 1.82) is 0 Å². The number of carbonyl (C=O) groups excluding carboxylic acids is 3. The van der Waals surface area contributed by atoms with E-state index < -0.39 is 29.7 Å². The van der Waals surface area contributed by atoms with E-state index in [9.17, 15) is 19.5 Å². The maximum absolute atomic E-state index is 12.5. The molecular formula is C16H18NO5S-. The van der Waals surface area contributed by atoms with Crippen LogP contribution in [0, 0.1) is 25.7 Å². The first-order chi connectivity index (χ1) is 10.9. The third-order valence-electron chi connectivity index (χ3n) is 4.08. The summed E-state index contributed by atoms with van der Waals surface area (Å²) in [5.41, 5.74) is 1.07. The van der Waals surface area contributed by atoms with Gasteiger partial charge in [-0.3, -0.25) is 4.79 Å². The van der Waals surface area contributed by atoms with Crippen LogP contribution < -0.4 is 10.4 Å². The molecule has 124 valence electrons. The number of methoxy groups -OCH3 is 1. The number of allylic oxidation sites excluding steroid dienone is 2. The number of ether oxygens (including phenoxy) is 1. The van der Waals surface area contributed by atoms with Crippen molar-refractivity contribution in [1.82, 2.24) is 0 Å². The first-order valence-electron chi connectivity index (χ1n) is 7.21. The Kier molecular flexibility index (Phi) is 5.20. The zero-order chi connectivity index (χ0) is 17.1. The van der Waals surface area contributed by atoms with E-state index in [-0.39, 0.29) is 6.42 Å². The number of carboxylic acids is 1. The number of nitrogens with one attached hydrogen (secondary N) is 1. The van der Waals surface area contributed by atoms with Gasteiger partial charge in [0.25, 0.3) is 0 Å². The molecule has 0 aromatic carbocycles. The van der Waals surface area contributed by atoms with Crippen LogP contribution in [0.1, 0.15) is 33.6 Å². The lowest BCUT2D eigenvalue weighted by molar-refractivity contribution is -0.313. The zero-order valence-electron chi connectivity index (χ0n) is 13.2. The number of hydrogen-bond acceptors (Lipinski definition) is 6. The largest absolute Gasteiger partial charge is 0.550 e. The summed E-state index contributed by atoms with van der Waals surface area (Å²) in [7, 11) is 1.28. The fourth-order valence-electron chi connectivity index (χ4n) is 2.63. The average molecular weight is 336 g/mol. The summed E-state index contributed by atoms with van der Waals surface area (Å²) in [5.74, 6) is -3.75. The molecule has 2 rings (SSSR count). The van der Waals surface area contributed by atoms with E-state index in [4.69, 9.17) is 4.74 Å². The minimum atomic E-state index is -1.23. The average Bonchev–Trinajstić information content (AvgIpc) is 2.80. The number of esters is 1. The summed E-state index contributed by atoms with van der Waals surface area (Å²) in [6, 6.07) is 0. The highest BCUT2D eigenvalue weighted by molar-refractivity contribution is 7.16. The van der Waals surface area contributed by atoms with Gasteiger partial charge in [0.05, 0.1) is 18.6 Å². The van der Waals surface area contributed by atoms with Gasteiger partial charge in [-0.15, -0.1) is 11.3 Å². The van der Waals surface area contributed by atoms with Crippen LogP contribution in [0.3, 0.4) is 0 Å². The fraction of sp³-hybridized carbons (Fsp3) is 0.438. The molecule has 0 saturated heterocycles. The normalized spacial score (nSPS) is 20.1. The highest BCUT2D eigenvalue weighted by Gasteiger charge is 2.31. The summed E-state index contributed by atoms with van der Waals surface area (Å²) in [6.45, 7) is 3.62. The van der Waals surface area contributed by atoms with Gasteiger partial charge in [0.1, 0.15) is 5.00 Å². The second-order valence-corrected chi connectivity index (χ2v) is 6.67. The molecule has 23 heavy (non-hydrogen) atoms. The molecule has 1 aliphatic carbocycles. The number of carbonyl (C=O) groups is 3. The van der Waals surface area contributed by atoms with E-state index in [1.165, 1.54) is 18.4 Å². The van der Waals surface area contributed by atoms with Crippen LogP contribution in [0.2, 0.25) is 0 Å². The van der Waals surface area contributed by atoms with Gasteiger partial charge >= 0.3 is 5.97 Å². The van der Waals surface area contributed by atoms with Crippen LogP contribution in [-0.2, 0) is 14.3 Å². The molecule has 0 saturated carbocycles. The molecule has 0 radical (unpaired) electrons. The van der Waals surface area contributed by atoms with Gasteiger partial charge in [-0.25, -0.2) is 4.79 Å². The Morgan fingerprint density at radius 2 is 1.83 bits per heavy atom.